The second-order valence-corrected chi connectivity index (χ2v) is 7.65. The summed E-state index contributed by atoms with van der Waals surface area (Å²) >= 11 is 0. The van der Waals surface area contributed by atoms with Crippen molar-refractivity contribution in [2.45, 2.75) is 70.6 Å². The predicted octanol–water partition coefficient (Wildman–Crippen LogP) is 4.82. The Morgan fingerprint density at radius 2 is 1.95 bits per heavy atom. The van der Waals surface area contributed by atoms with E-state index in [2.05, 4.69) is 31.2 Å². The van der Waals surface area contributed by atoms with Crippen LogP contribution in [0.25, 0.3) is 0 Å². The first kappa shape index (κ1) is 13.5. The third kappa shape index (κ3) is 1.41. The van der Waals surface area contributed by atoms with Crippen molar-refractivity contribution in [3.05, 3.63) is 35.4 Å². The van der Waals surface area contributed by atoms with E-state index in [1.807, 2.05) is 6.92 Å². The number of Topliss-reactive ketones (excluding diaryl/α,β-unsaturated/α-hetero) is 1. The molecule has 0 heterocycles. The van der Waals surface area contributed by atoms with Crippen LogP contribution in [0.1, 0.15) is 69.9 Å². The Morgan fingerprint density at radius 1 is 1.14 bits per heavy atom. The molecule has 3 aliphatic rings. The maximum atomic E-state index is 12.6. The van der Waals surface area contributed by atoms with Gasteiger partial charge in [0.05, 0.1) is 0 Å². The van der Waals surface area contributed by atoms with Gasteiger partial charge in [0.1, 0.15) is 5.78 Å². The van der Waals surface area contributed by atoms with E-state index in [0.29, 0.717) is 16.6 Å². The number of carbonyl (C=O) groups excluding carboxylic acids is 1. The standard InChI is InChI=1S/C20H26O/c1-3-6-15-7-5-8-16(13-15)19-10-9-18(17(21)4-2)11-12-20(18,19)14-19/h5,7-8,13H,3-4,6,9-12,14H2,1-2H3. The van der Waals surface area contributed by atoms with Crippen LogP contribution in [0.2, 0.25) is 0 Å². The van der Waals surface area contributed by atoms with Crippen LogP contribution in [-0.2, 0) is 16.6 Å². The van der Waals surface area contributed by atoms with E-state index in [1.54, 1.807) is 5.56 Å². The molecule has 1 heteroatoms. The Bertz CT molecular complexity index is 600. The molecular weight excluding hydrogens is 256 g/mol. The molecule has 1 nitrogen and oxygen atoms in total. The van der Waals surface area contributed by atoms with E-state index in [4.69, 9.17) is 0 Å². The Labute approximate surface area is 128 Å². The number of aryl methyl sites for hydroxylation is 1. The van der Waals surface area contributed by atoms with Crippen molar-refractivity contribution >= 4 is 5.78 Å². The molecular formula is C20H26O. The summed E-state index contributed by atoms with van der Waals surface area (Å²) in [5.74, 6) is 0.554. The third-order valence-electron chi connectivity index (χ3n) is 7.14. The van der Waals surface area contributed by atoms with Gasteiger partial charge in [-0.3, -0.25) is 4.79 Å². The monoisotopic (exact) mass is 282 g/mol. The number of hydrogen-bond acceptors (Lipinski definition) is 1. The molecule has 0 aromatic heterocycles. The van der Waals surface area contributed by atoms with Crippen LogP contribution >= 0.6 is 0 Å². The highest BCUT2D eigenvalue weighted by Crippen LogP contribution is 2.88. The lowest BCUT2D eigenvalue weighted by atomic mass is 9.54. The second kappa shape index (κ2) is 4.21. The minimum atomic E-state index is 0.0719. The molecule has 4 rings (SSSR count). The lowest BCUT2D eigenvalue weighted by molar-refractivity contribution is -0.140. The van der Waals surface area contributed by atoms with Crippen molar-refractivity contribution in [2.75, 3.05) is 0 Å². The largest absolute Gasteiger partial charge is 0.299 e. The van der Waals surface area contributed by atoms with Crippen LogP contribution in [0.5, 0.6) is 0 Å². The highest BCUT2D eigenvalue weighted by molar-refractivity contribution is 5.89. The van der Waals surface area contributed by atoms with Crippen molar-refractivity contribution in [3.63, 3.8) is 0 Å². The molecule has 0 aliphatic heterocycles. The number of hydrogen-bond donors (Lipinski definition) is 0. The van der Waals surface area contributed by atoms with Gasteiger partial charge in [0.15, 0.2) is 0 Å². The molecule has 1 aromatic carbocycles. The average Bonchev–Trinajstić information content (AvgIpc) is 3.16. The van der Waals surface area contributed by atoms with Crippen molar-refractivity contribution in [3.8, 4) is 0 Å². The molecule has 3 unspecified atom stereocenters. The summed E-state index contributed by atoms with van der Waals surface area (Å²) < 4.78 is 0. The van der Waals surface area contributed by atoms with Gasteiger partial charge in [0, 0.05) is 17.3 Å². The second-order valence-electron chi connectivity index (χ2n) is 7.65. The molecule has 3 saturated carbocycles. The lowest BCUT2D eigenvalue weighted by Crippen LogP contribution is -2.47. The van der Waals surface area contributed by atoms with E-state index in [1.165, 1.54) is 37.7 Å². The van der Waals surface area contributed by atoms with E-state index in [0.717, 1.165) is 19.3 Å². The van der Waals surface area contributed by atoms with Gasteiger partial charge in [-0.15, -0.1) is 0 Å². The van der Waals surface area contributed by atoms with Gasteiger partial charge < -0.3 is 0 Å². The molecule has 3 atom stereocenters. The molecule has 21 heavy (non-hydrogen) atoms. The van der Waals surface area contributed by atoms with Crippen LogP contribution < -0.4 is 0 Å². The van der Waals surface area contributed by atoms with Gasteiger partial charge in [-0.1, -0.05) is 44.5 Å². The number of ketones is 1. The zero-order chi connectivity index (χ0) is 14.7. The molecule has 0 radical (unpaired) electrons. The normalized spacial score (nSPS) is 39.3. The van der Waals surface area contributed by atoms with Crippen LogP contribution in [0.3, 0.4) is 0 Å². The van der Waals surface area contributed by atoms with Crippen molar-refractivity contribution in [2.24, 2.45) is 10.8 Å². The van der Waals surface area contributed by atoms with Crippen LogP contribution in [-0.4, -0.2) is 5.78 Å². The van der Waals surface area contributed by atoms with E-state index in [-0.39, 0.29) is 5.41 Å². The van der Waals surface area contributed by atoms with Gasteiger partial charge >= 0.3 is 0 Å². The average molecular weight is 282 g/mol. The number of carbonyl (C=O) groups is 1. The van der Waals surface area contributed by atoms with Gasteiger partial charge in [0.25, 0.3) is 0 Å². The summed E-state index contributed by atoms with van der Waals surface area (Å²) in [6.45, 7) is 4.30. The van der Waals surface area contributed by atoms with Gasteiger partial charge in [-0.05, 0) is 55.1 Å². The summed E-state index contributed by atoms with van der Waals surface area (Å²) in [5, 5.41) is 0. The summed E-state index contributed by atoms with van der Waals surface area (Å²) in [7, 11) is 0. The summed E-state index contributed by atoms with van der Waals surface area (Å²) in [4.78, 5) is 12.6. The third-order valence-corrected chi connectivity index (χ3v) is 7.14. The quantitative estimate of drug-likeness (QED) is 0.756. The Morgan fingerprint density at radius 3 is 2.62 bits per heavy atom. The molecule has 3 fully saturated rings. The fraction of sp³-hybridized carbons (Fsp3) is 0.650. The van der Waals surface area contributed by atoms with E-state index in [9.17, 15) is 4.79 Å². The van der Waals surface area contributed by atoms with Crippen LogP contribution in [0.4, 0.5) is 0 Å². The zero-order valence-corrected chi connectivity index (χ0v) is 13.4. The Balaban J connectivity index is 1.70. The molecule has 0 saturated heterocycles. The fourth-order valence-corrected chi connectivity index (χ4v) is 5.99. The molecule has 0 bridgehead atoms. The number of rotatable bonds is 5. The zero-order valence-electron chi connectivity index (χ0n) is 13.4. The van der Waals surface area contributed by atoms with Crippen molar-refractivity contribution in [1.82, 2.24) is 0 Å². The predicted molar refractivity (Wildman–Crippen MR) is 85.4 cm³/mol. The molecule has 0 amide bonds. The Kier molecular flexibility index (Phi) is 2.72. The first-order valence-corrected chi connectivity index (χ1v) is 8.77. The molecule has 112 valence electrons. The maximum absolute atomic E-state index is 12.6. The minimum Gasteiger partial charge on any atom is -0.299 e. The first-order valence-electron chi connectivity index (χ1n) is 8.77. The molecule has 0 N–H and O–H groups in total. The Hall–Kier alpha value is -1.11. The highest BCUT2D eigenvalue weighted by Gasteiger charge is 2.85. The highest BCUT2D eigenvalue weighted by atomic mass is 16.1. The SMILES string of the molecule is CCCc1cccc(C23CCC4(C(=O)CC)CCC42C3)c1. The maximum Gasteiger partial charge on any atom is 0.139 e. The minimum absolute atomic E-state index is 0.0719. The van der Waals surface area contributed by atoms with Crippen molar-refractivity contribution < 1.29 is 4.79 Å². The van der Waals surface area contributed by atoms with Gasteiger partial charge in [-0.25, -0.2) is 0 Å². The summed E-state index contributed by atoms with van der Waals surface area (Å²) in [6.07, 6.45) is 9.24. The van der Waals surface area contributed by atoms with E-state index >= 15 is 0 Å². The van der Waals surface area contributed by atoms with Crippen LogP contribution in [0.15, 0.2) is 24.3 Å². The van der Waals surface area contributed by atoms with Gasteiger partial charge in [0.2, 0.25) is 0 Å². The first-order chi connectivity index (χ1) is 10.1. The fourth-order valence-electron chi connectivity index (χ4n) is 5.99. The smallest absolute Gasteiger partial charge is 0.139 e. The molecule has 1 spiro atoms. The summed E-state index contributed by atoms with van der Waals surface area (Å²) in [5.41, 5.74) is 3.81. The van der Waals surface area contributed by atoms with E-state index < -0.39 is 0 Å². The number of benzene rings is 1. The topological polar surface area (TPSA) is 17.1 Å². The molecule has 1 aromatic rings. The van der Waals surface area contributed by atoms with Gasteiger partial charge in [-0.2, -0.15) is 0 Å². The van der Waals surface area contributed by atoms with Crippen molar-refractivity contribution in [1.29, 1.82) is 0 Å². The lowest BCUT2D eigenvalue weighted by Gasteiger charge is -2.48. The summed E-state index contributed by atoms with van der Waals surface area (Å²) in [6, 6.07) is 9.28. The molecule has 3 aliphatic carbocycles. The van der Waals surface area contributed by atoms with Crippen LogP contribution in [0, 0.1) is 10.8 Å².